The van der Waals surface area contributed by atoms with Crippen LogP contribution in [-0.2, 0) is 0 Å². The fourth-order valence-electron chi connectivity index (χ4n) is 2.38. The molecule has 3 aromatic rings. The molecule has 0 bridgehead atoms. The van der Waals surface area contributed by atoms with Crippen molar-refractivity contribution in [3.05, 3.63) is 64.9 Å². The molecular weight excluding hydrogens is 399 g/mol. The van der Waals surface area contributed by atoms with Crippen molar-refractivity contribution in [3.8, 4) is 0 Å². The third kappa shape index (κ3) is 5.03. The quantitative estimate of drug-likeness (QED) is 0.529. The zero-order valence-electron chi connectivity index (χ0n) is 15.2. The Balaban J connectivity index is 1.69. The number of nitrogens with zero attached hydrogens (tertiary/aromatic N) is 3. The Morgan fingerprint density at radius 1 is 0.929 bits per heavy atom. The summed E-state index contributed by atoms with van der Waals surface area (Å²) in [5, 5.41) is 9.12. The van der Waals surface area contributed by atoms with Crippen LogP contribution in [0, 0.1) is 0 Å². The maximum absolute atomic E-state index is 12.2. The van der Waals surface area contributed by atoms with E-state index in [1.165, 1.54) is 6.33 Å². The lowest BCUT2D eigenvalue weighted by Crippen LogP contribution is -2.20. The van der Waals surface area contributed by atoms with Crippen molar-refractivity contribution in [1.82, 2.24) is 9.97 Å². The van der Waals surface area contributed by atoms with Crippen molar-refractivity contribution in [2.24, 2.45) is 0 Å². The van der Waals surface area contributed by atoms with Crippen molar-refractivity contribution in [1.29, 1.82) is 0 Å². The Bertz CT molecular complexity index is 975. The molecule has 1 heterocycles. The lowest BCUT2D eigenvalue weighted by Gasteiger charge is -2.14. The summed E-state index contributed by atoms with van der Waals surface area (Å²) in [6.45, 7) is 0. The minimum absolute atomic E-state index is 0.321. The Labute approximate surface area is 172 Å². The average Bonchev–Trinajstić information content (AvgIpc) is 2.65. The number of nitrogens with one attached hydrogen (secondary N) is 3. The number of carbonyl (C=O) groups is 1. The topological polar surface area (TPSA) is 82.2 Å². The first-order valence-corrected chi connectivity index (χ1v) is 9.06. The minimum Gasteiger partial charge on any atom is -0.378 e. The number of benzene rings is 2. The van der Waals surface area contributed by atoms with Gasteiger partial charge >= 0.3 is 6.03 Å². The highest BCUT2D eigenvalue weighted by Crippen LogP contribution is 2.30. The predicted octanol–water partition coefficient (Wildman–Crippen LogP) is 5.24. The van der Waals surface area contributed by atoms with E-state index in [0.717, 1.165) is 11.4 Å². The highest BCUT2D eigenvalue weighted by Gasteiger charge is 2.10. The first-order chi connectivity index (χ1) is 13.4. The van der Waals surface area contributed by atoms with Gasteiger partial charge in [-0.1, -0.05) is 35.3 Å². The number of hydrogen-bond donors (Lipinski definition) is 3. The third-order valence-electron chi connectivity index (χ3n) is 3.74. The number of halogens is 2. The fourth-order valence-corrected chi connectivity index (χ4v) is 2.87. The molecule has 0 aliphatic heterocycles. The van der Waals surface area contributed by atoms with E-state index in [9.17, 15) is 4.79 Å². The fraction of sp³-hybridized carbons (Fsp3) is 0.105. The summed E-state index contributed by atoms with van der Waals surface area (Å²) in [5.41, 5.74) is 2.24. The van der Waals surface area contributed by atoms with Gasteiger partial charge in [-0.3, -0.25) is 5.32 Å². The number of carbonyl (C=O) groups excluding carboxylic acids is 1. The molecule has 7 nitrogen and oxygen atoms in total. The third-order valence-corrected chi connectivity index (χ3v) is 4.37. The van der Waals surface area contributed by atoms with E-state index in [1.807, 2.05) is 43.3 Å². The Kier molecular flexibility index (Phi) is 6.18. The van der Waals surface area contributed by atoms with Gasteiger partial charge in [0.1, 0.15) is 18.0 Å². The average molecular weight is 417 g/mol. The van der Waals surface area contributed by atoms with Gasteiger partial charge in [0.2, 0.25) is 0 Å². The van der Waals surface area contributed by atoms with E-state index < -0.39 is 6.03 Å². The monoisotopic (exact) mass is 416 g/mol. The molecule has 0 unspecified atom stereocenters. The van der Waals surface area contributed by atoms with E-state index in [0.29, 0.717) is 27.4 Å². The summed E-state index contributed by atoms with van der Waals surface area (Å²) in [6, 6.07) is 13.9. The second kappa shape index (κ2) is 8.77. The molecule has 144 valence electrons. The molecule has 0 fully saturated rings. The smallest absolute Gasteiger partial charge is 0.324 e. The first-order valence-electron chi connectivity index (χ1n) is 8.31. The molecule has 0 radical (unpaired) electrons. The Hall–Kier alpha value is -3.03. The van der Waals surface area contributed by atoms with Gasteiger partial charge in [-0.2, -0.15) is 0 Å². The van der Waals surface area contributed by atoms with Crippen LogP contribution >= 0.6 is 23.2 Å². The predicted molar refractivity (Wildman–Crippen MR) is 115 cm³/mol. The van der Waals surface area contributed by atoms with Gasteiger partial charge in [-0.05, 0) is 30.3 Å². The van der Waals surface area contributed by atoms with E-state index in [2.05, 4.69) is 25.9 Å². The van der Waals surface area contributed by atoms with Crippen LogP contribution in [0.2, 0.25) is 10.0 Å². The van der Waals surface area contributed by atoms with Crippen molar-refractivity contribution < 1.29 is 4.79 Å². The van der Waals surface area contributed by atoms with Crippen LogP contribution < -0.4 is 20.9 Å². The molecule has 0 aliphatic carbocycles. The summed E-state index contributed by atoms with van der Waals surface area (Å²) in [5.74, 6) is 0.860. The van der Waals surface area contributed by atoms with Gasteiger partial charge < -0.3 is 15.5 Å². The molecule has 0 atom stereocenters. The van der Waals surface area contributed by atoms with E-state index in [-0.39, 0.29) is 0 Å². The number of anilines is 5. The number of para-hydroxylation sites is 1. The summed E-state index contributed by atoms with van der Waals surface area (Å²) in [4.78, 5) is 22.5. The molecule has 3 N–H and O–H groups in total. The van der Waals surface area contributed by atoms with Gasteiger partial charge in [0.05, 0.1) is 15.7 Å². The number of amides is 2. The van der Waals surface area contributed by atoms with Crippen LogP contribution in [0.4, 0.5) is 33.5 Å². The summed E-state index contributed by atoms with van der Waals surface area (Å²) < 4.78 is 0. The summed E-state index contributed by atoms with van der Waals surface area (Å²) in [6.07, 6.45) is 1.36. The van der Waals surface area contributed by atoms with Gasteiger partial charge in [0.15, 0.2) is 0 Å². The summed E-state index contributed by atoms with van der Waals surface area (Å²) in [7, 11) is 3.94. The van der Waals surface area contributed by atoms with Gasteiger partial charge in [-0.15, -0.1) is 0 Å². The molecule has 2 aromatic carbocycles. The molecule has 0 aliphatic rings. The lowest BCUT2D eigenvalue weighted by molar-refractivity contribution is 0.262. The van der Waals surface area contributed by atoms with Crippen LogP contribution in [0.25, 0.3) is 0 Å². The largest absolute Gasteiger partial charge is 0.378 e. The van der Waals surface area contributed by atoms with Crippen molar-refractivity contribution in [2.45, 2.75) is 0 Å². The van der Waals surface area contributed by atoms with E-state index >= 15 is 0 Å². The van der Waals surface area contributed by atoms with Gasteiger partial charge in [-0.25, -0.2) is 14.8 Å². The van der Waals surface area contributed by atoms with E-state index in [1.54, 1.807) is 24.3 Å². The molecule has 0 saturated carbocycles. The zero-order chi connectivity index (χ0) is 20.1. The maximum atomic E-state index is 12.2. The van der Waals surface area contributed by atoms with Crippen LogP contribution in [0.3, 0.4) is 0 Å². The number of aromatic nitrogens is 2. The Morgan fingerprint density at radius 3 is 2.32 bits per heavy atom. The van der Waals surface area contributed by atoms with Crippen LogP contribution in [0.1, 0.15) is 0 Å². The van der Waals surface area contributed by atoms with Crippen LogP contribution in [-0.4, -0.2) is 30.1 Å². The highest BCUT2D eigenvalue weighted by molar-refractivity contribution is 6.39. The molecule has 28 heavy (non-hydrogen) atoms. The van der Waals surface area contributed by atoms with Crippen LogP contribution in [0.15, 0.2) is 54.9 Å². The van der Waals surface area contributed by atoms with Gasteiger partial charge in [0, 0.05) is 31.5 Å². The highest BCUT2D eigenvalue weighted by atomic mass is 35.5. The zero-order valence-corrected chi connectivity index (χ0v) is 16.7. The molecule has 9 heteroatoms. The van der Waals surface area contributed by atoms with E-state index in [4.69, 9.17) is 23.2 Å². The summed E-state index contributed by atoms with van der Waals surface area (Å²) >= 11 is 12.1. The molecule has 1 aromatic heterocycles. The first kappa shape index (κ1) is 19.7. The number of hydrogen-bond acceptors (Lipinski definition) is 5. The molecular formula is C19H18Cl2N6O. The Morgan fingerprint density at radius 2 is 1.61 bits per heavy atom. The van der Waals surface area contributed by atoms with Crippen molar-refractivity contribution in [2.75, 3.05) is 34.9 Å². The molecule has 0 saturated heterocycles. The van der Waals surface area contributed by atoms with Crippen LogP contribution in [0.5, 0.6) is 0 Å². The number of rotatable bonds is 5. The van der Waals surface area contributed by atoms with Crippen molar-refractivity contribution >= 4 is 57.9 Å². The maximum Gasteiger partial charge on any atom is 0.324 e. The van der Waals surface area contributed by atoms with Crippen molar-refractivity contribution in [3.63, 3.8) is 0 Å². The minimum atomic E-state index is -0.519. The SMILES string of the molecule is CN(C)c1cccc(Nc2cc(NC(=O)Nc3c(Cl)cccc3Cl)ncn2)c1. The van der Waals surface area contributed by atoms with Gasteiger partial charge in [0.25, 0.3) is 0 Å². The standard InChI is InChI=1S/C19H18Cl2N6O/c1-27(2)13-6-3-5-12(9-13)24-16-10-17(23-11-22-16)25-19(28)26-18-14(20)7-4-8-15(18)21/h3-11H,1-2H3,(H3,22,23,24,25,26,28). The lowest BCUT2D eigenvalue weighted by atomic mass is 10.2. The molecule has 0 spiro atoms. The second-order valence-electron chi connectivity index (χ2n) is 6.03. The normalized spacial score (nSPS) is 10.3. The number of urea groups is 1. The second-order valence-corrected chi connectivity index (χ2v) is 6.85. The molecule has 3 rings (SSSR count). The molecule has 2 amide bonds.